The van der Waals surface area contributed by atoms with Crippen molar-refractivity contribution < 1.29 is 4.79 Å². The van der Waals surface area contributed by atoms with Gasteiger partial charge in [0.25, 0.3) is 5.91 Å². The van der Waals surface area contributed by atoms with Crippen LogP contribution in [-0.2, 0) is 0 Å². The highest BCUT2D eigenvalue weighted by molar-refractivity contribution is 5.94. The highest BCUT2D eigenvalue weighted by Crippen LogP contribution is 2.15. The van der Waals surface area contributed by atoms with Crippen molar-refractivity contribution in [2.45, 2.75) is 20.8 Å². The Morgan fingerprint density at radius 1 is 1.32 bits per heavy atom. The Labute approximate surface area is 131 Å². The quantitative estimate of drug-likeness (QED) is 0.889. The molecule has 0 spiro atoms. The Morgan fingerprint density at radius 3 is 2.82 bits per heavy atom. The standard InChI is InChI=1S/C17H22N4O/c1-4-21(15-7-5-6-13(2)10-15)9-8-19-17(22)16-11-18-12-20-14(16)3/h5-7,10-12H,4,8-9H2,1-3H3,(H,19,22). The largest absolute Gasteiger partial charge is 0.370 e. The number of aryl methyl sites for hydroxylation is 2. The lowest BCUT2D eigenvalue weighted by Gasteiger charge is -2.23. The van der Waals surface area contributed by atoms with Gasteiger partial charge >= 0.3 is 0 Å². The SMILES string of the molecule is CCN(CCNC(=O)c1cncnc1C)c1cccc(C)c1. The first kappa shape index (κ1) is 15.9. The summed E-state index contributed by atoms with van der Waals surface area (Å²) in [6.45, 7) is 8.23. The van der Waals surface area contributed by atoms with Crippen LogP contribution in [-0.4, -0.2) is 35.5 Å². The van der Waals surface area contributed by atoms with E-state index in [1.54, 1.807) is 6.20 Å². The molecule has 5 nitrogen and oxygen atoms in total. The molecule has 0 radical (unpaired) electrons. The fourth-order valence-electron chi connectivity index (χ4n) is 2.31. The average Bonchev–Trinajstić information content (AvgIpc) is 2.52. The van der Waals surface area contributed by atoms with Crippen molar-refractivity contribution in [1.82, 2.24) is 15.3 Å². The van der Waals surface area contributed by atoms with Crippen molar-refractivity contribution in [2.24, 2.45) is 0 Å². The zero-order valence-corrected chi connectivity index (χ0v) is 13.3. The van der Waals surface area contributed by atoms with Gasteiger partial charge in [-0.1, -0.05) is 12.1 Å². The van der Waals surface area contributed by atoms with Crippen LogP contribution in [0, 0.1) is 13.8 Å². The molecule has 2 aromatic rings. The highest BCUT2D eigenvalue weighted by Gasteiger charge is 2.10. The molecule has 0 aliphatic carbocycles. The molecular formula is C17H22N4O. The molecule has 1 amide bonds. The number of carbonyl (C=O) groups is 1. The van der Waals surface area contributed by atoms with E-state index in [1.807, 2.05) is 6.92 Å². The van der Waals surface area contributed by atoms with Crippen molar-refractivity contribution in [3.63, 3.8) is 0 Å². The first-order valence-electron chi connectivity index (χ1n) is 7.48. The number of amides is 1. The third-order valence-corrected chi connectivity index (χ3v) is 3.57. The zero-order chi connectivity index (χ0) is 15.9. The second kappa shape index (κ2) is 7.54. The average molecular weight is 298 g/mol. The van der Waals surface area contributed by atoms with Crippen molar-refractivity contribution in [3.8, 4) is 0 Å². The lowest BCUT2D eigenvalue weighted by atomic mass is 10.2. The minimum atomic E-state index is -0.126. The van der Waals surface area contributed by atoms with Gasteiger partial charge in [-0.05, 0) is 38.5 Å². The van der Waals surface area contributed by atoms with Crippen LogP contribution in [0.25, 0.3) is 0 Å². The van der Waals surface area contributed by atoms with Crippen LogP contribution in [0.5, 0.6) is 0 Å². The van der Waals surface area contributed by atoms with Crippen molar-refractivity contribution >= 4 is 11.6 Å². The molecule has 0 bridgehead atoms. The van der Waals surface area contributed by atoms with E-state index in [9.17, 15) is 4.79 Å². The van der Waals surface area contributed by atoms with E-state index in [2.05, 4.69) is 58.3 Å². The van der Waals surface area contributed by atoms with Crippen LogP contribution in [0.4, 0.5) is 5.69 Å². The third-order valence-electron chi connectivity index (χ3n) is 3.57. The molecule has 0 atom stereocenters. The van der Waals surface area contributed by atoms with Gasteiger partial charge in [0.05, 0.1) is 11.3 Å². The second-order valence-corrected chi connectivity index (χ2v) is 5.20. The number of hydrogen-bond donors (Lipinski definition) is 1. The van der Waals surface area contributed by atoms with E-state index in [4.69, 9.17) is 0 Å². The molecule has 0 aliphatic heterocycles. The van der Waals surface area contributed by atoms with Gasteiger partial charge in [-0.2, -0.15) is 0 Å². The minimum Gasteiger partial charge on any atom is -0.370 e. The van der Waals surface area contributed by atoms with E-state index in [0.717, 1.165) is 13.1 Å². The fraction of sp³-hybridized carbons (Fsp3) is 0.353. The maximum Gasteiger partial charge on any atom is 0.254 e. The summed E-state index contributed by atoms with van der Waals surface area (Å²) in [6.07, 6.45) is 3.00. The van der Waals surface area contributed by atoms with Crippen molar-refractivity contribution in [1.29, 1.82) is 0 Å². The molecule has 1 N–H and O–H groups in total. The predicted octanol–water partition coefficient (Wildman–Crippen LogP) is 2.35. The van der Waals surface area contributed by atoms with Gasteiger partial charge in [0.1, 0.15) is 6.33 Å². The maximum atomic E-state index is 12.1. The molecular weight excluding hydrogens is 276 g/mol. The number of likely N-dealkylation sites (N-methyl/N-ethyl adjacent to an activating group) is 1. The van der Waals surface area contributed by atoms with Gasteiger partial charge in [0.2, 0.25) is 0 Å². The first-order valence-corrected chi connectivity index (χ1v) is 7.48. The van der Waals surface area contributed by atoms with E-state index >= 15 is 0 Å². The molecule has 0 fully saturated rings. The van der Waals surface area contributed by atoms with Crippen molar-refractivity contribution in [3.05, 3.63) is 53.6 Å². The normalized spacial score (nSPS) is 10.3. The van der Waals surface area contributed by atoms with Crippen LogP contribution in [0.2, 0.25) is 0 Å². The number of aromatic nitrogens is 2. The maximum absolute atomic E-state index is 12.1. The number of carbonyl (C=O) groups excluding carboxylic acids is 1. The van der Waals surface area contributed by atoms with Crippen LogP contribution >= 0.6 is 0 Å². The van der Waals surface area contributed by atoms with E-state index in [1.165, 1.54) is 17.6 Å². The fourth-order valence-corrected chi connectivity index (χ4v) is 2.31. The molecule has 22 heavy (non-hydrogen) atoms. The van der Waals surface area contributed by atoms with Gasteiger partial charge in [0.15, 0.2) is 0 Å². The van der Waals surface area contributed by atoms with Gasteiger partial charge in [-0.25, -0.2) is 9.97 Å². The Bertz CT molecular complexity index is 642. The Kier molecular flexibility index (Phi) is 5.47. The van der Waals surface area contributed by atoms with Gasteiger partial charge < -0.3 is 10.2 Å². The molecule has 1 heterocycles. The summed E-state index contributed by atoms with van der Waals surface area (Å²) >= 11 is 0. The zero-order valence-electron chi connectivity index (χ0n) is 13.3. The number of hydrogen-bond acceptors (Lipinski definition) is 4. The van der Waals surface area contributed by atoms with Crippen LogP contribution < -0.4 is 10.2 Å². The summed E-state index contributed by atoms with van der Waals surface area (Å²) in [4.78, 5) is 22.3. The van der Waals surface area contributed by atoms with E-state index in [-0.39, 0.29) is 5.91 Å². The van der Waals surface area contributed by atoms with Crippen molar-refractivity contribution in [2.75, 3.05) is 24.5 Å². The molecule has 1 aromatic carbocycles. The minimum absolute atomic E-state index is 0.126. The Balaban J connectivity index is 1.92. The summed E-state index contributed by atoms with van der Waals surface area (Å²) in [5.41, 5.74) is 3.63. The Hall–Kier alpha value is -2.43. The summed E-state index contributed by atoms with van der Waals surface area (Å²) in [5.74, 6) is -0.126. The van der Waals surface area contributed by atoms with Crippen LogP contribution in [0.15, 0.2) is 36.8 Å². The summed E-state index contributed by atoms with van der Waals surface area (Å²) in [5, 5.41) is 2.93. The topological polar surface area (TPSA) is 58.1 Å². The number of benzene rings is 1. The molecule has 116 valence electrons. The van der Waals surface area contributed by atoms with Crippen LogP contribution in [0.3, 0.4) is 0 Å². The van der Waals surface area contributed by atoms with Gasteiger partial charge in [-0.15, -0.1) is 0 Å². The lowest BCUT2D eigenvalue weighted by molar-refractivity contribution is 0.0953. The third kappa shape index (κ3) is 4.04. The smallest absolute Gasteiger partial charge is 0.254 e. The highest BCUT2D eigenvalue weighted by atomic mass is 16.1. The van der Waals surface area contributed by atoms with E-state index in [0.29, 0.717) is 17.8 Å². The summed E-state index contributed by atoms with van der Waals surface area (Å²) in [7, 11) is 0. The van der Waals surface area contributed by atoms with Gasteiger partial charge in [-0.3, -0.25) is 4.79 Å². The number of nitrogens with zero attached hydrogens (tertiary/aromatic N) is 3. The predicted molar refractivity (Wildman–Crippen MR) is 88.2 cm³/mol. The molecule has 1 aromatic heterocycles. The first-order chi connectivity index (χ1) is 10.6. The molecule has 0 saturated heterocycles. The molecule has 0 saturated carbocycles. The summed E-state index contributed by atoms with van der Waals surface area (Å²) in [6, 6.07) is 8.38. The monoisotopic (exact) mass is 298 g/mol. The van der Waals surface area contributed by atoms with E-state index < -0.39 is 0 Å². The number of rotatable bonds is 6. The lowest BCUT2D eigenvalue weighted by Crippen LogP contribution is -2.35. The molecule has 2 rings (SSSR count). The Morgan fingerprint density at radius 2 is 2.14 bits per heavy atom. The number of anilines is 1. The molecule has 0 aliphatic rings. The summed E-state index contributed by atoms with van der Waals surface area (Å²) < 4.78 is 0. The molecule has 0 unspecified atom stereocenters. The number of nitrogens with one attached hydrogen (secondary N) is 1. The second-order valence-electron chi connectivity index (χ2n) is 5.20. The van der Waals surface area contributed by atoms with Crippen LogP contribution in [0.1, 0.15) is 28.5 Å². The molecule has 5 heteroatoms. The van der Waals surface area contributed by atoms with Gasteiger partial charge in [0, 0.05) is 31.5 Å².